The smallest absolute Gasteiger partial charge is 0.225 e. The number of hydrogen-bond donors (Lipinski definition) is 2. The van der Waals surface area contributed by atoms with Crippen LogP contribution in [0.25, 0.3) is 0 Å². The van der Waals surface area contributed by atoms with Gasteiger partial charge in [-0.25, -0.2) is 0 Å². The van der Waals surface area contributed by atoms with E-state index in [-0.39, 0.29) is 36.2 Å². The highest BCUT2D eigenvalue weighted by molar-refractivity contribution is 5.89. The van der Waals surface area contributed by atoms with Crippen LogP contribution in [0.2, 0.25) is 0 Å². The Labute approximate surface area is 132 Å². The van der Waals surface area contributed by atoms with Crippen molar-refractivity contribution >= 4 is 24.2 Å². The van der Waals surface area contributed by atoms with E-state index in [4.69, 9.17) is 4.74 Å². The van der Waals surface area contributed by atoms with Gasteiger partial charge in [-0.1, -0.05) is 0 Å². The summed E-state index contributed by atoms with van der Waals surface area (Å²) in [5, 5.41) is 6.46. The molecule has 2 N–H and O–H groups in total. The van der Waals surface area contributed by atoms with Crippen LogP contribution < -0.4 is 10.6 Å². The van der Waals surface area contributed by atoms with Gasteiger partial charge in [0, 0.05) is 38.7 Å². The quantitative estimate of drug-likeness (QED) is 0.757. The van der Waals surface area contributed by atoms with Gasteiger partial charge in [-0.2, -0.15) is 0 Å². The lowest BCUT2D eigenvalue weighted by Gasteiger charge is -2.29. The van der Waals surface area contributed by atoms with Crippen LogP contribution in [-0.2, 0) is 14.3 Å². The molecule has 122 valence electrons. The van der Waals surface area contributed by atoms with Crippen molar-refractivity contribution in [3.05, 3.63) is 0 Å². The highest BCUT2D eigenvalue weighted by Crippen LogP contribution is 2.18. The summed E-state index contributed by atoms with van der Waals surface area (Å²) in [6.07, 6.45) is 2.25. The summed E-state index contributed by atoms with van der Waals surface area (Å²) in [7, 11) is 1.61. The molecule has 21 heavy (non-hydrogen) atoms. The Hall–Kier alpha value is -0.850. The Balaban J connectivity index is 0.00000220. The van der Waals surface area contributed by atoms with Gasteiger partial charge in [-0.15, -0.1) is 12.4 Å². The van der Waals surface area contributed by atoms with E-state index in [0.29, 0.717) is 32.2 Å². The standard InChI is InChI=1S/C14H25N3O3.ClH/c1-10-7-12(3-4-15-10)16-14(19)11-8-13(18)17(9-11)5-6-20-2;/h10-12,15H,3-9H2,1-2H3,(H,16,19);1H. The van der Waals surface area contributed by atoms with Crippen molar-refractivity contribution in [1.29, 1.82) is 0 Å². The SMILES string of the molecule is COCCN1CC(C(=O)NC2CCNC(C)C2)CC1=O.Cl. The molecule has 0 aromatic rings. The molecular formula is C14H26ClN3O3. The minimum atomic E-state index is -0.204. The molecule has 7 heteroatoms. The summed E-state index contributed by atoms with van der Waals surface area (Å²) in [6, 6.07) is 0.680. The van der Waals surface area contributed by atoms with Gasteiger partial charge >= 0.3 is 0 Å². The van der Waals surface area contributed by atoms with Crippen molar-refractivity contribution in [2.75, 3.05) is 33.4 Å². The van der Waals surface area contributed by atoms with Gasteiger partial charge in [0.1, 0.15) is 0 Å². The lowest BCUT2D eigenvalue weighted by Crippen LogP contribution is -2.48. The van der Waals surface area contributed by atoms with E-state index >= 15 is 0 Å². The van der Waals surface area contributed by atoms with Crippen molar-refractivity contribution in [2.45, 2.75) is 38.3 Å². The zero-order valence-electron chi connectivity index (χ0n) is 12.8. The van der Waals surface area contributed by atoms with Crippen LogP contribution in [0.5, 0.6) is 0 Å². The maximum absolute atomic E-state index is 12.2. The lowest BCUT2D eigenvalue weighted by atomic mass is 9.99. The van der Waals surface area contributed by atoms with Crippen molar-refractivity contribution < 1.29 is 14.3 Å². The summed E-state index contributed by atoms with van der Waals surface area (Å²) >= 11 is 0. The van der Waals surface area contributed by atoms with E-state index in [2.05, 4.69) is 17.6 Å². The Morgan fingerprint density at radius 1 is 1.52 bits per heavy atom. The third-order valence-electron chi connectivity index (χ3n) is 4.12. The number of rotatable bonds is 5. The third kappa shape index (κ3) is 5.13. The molecule has 2 aliphatic heterocycles. The first-order chi connectivity index (χ1) is 9.60. The molecule has 2 rings (SSSR count). The predicted octanol–water partition coefficient (Wildman–Crippen LogP) is 0.160. The maximum atomic E-state index is 12.2. The van der Waals surface area contributed by atoms with Crippen LogP contribution in [0.15, 0.2) is 0 Å². The molecule has 2 fully saturated rings. The summed E-state index contributed by atoms with van der Waals surface area (Å²) in [5.74, 6) is -0.122. The lowest BCUT2D eigenvalue weighted by molar-refractivity contribution is -0.129. The topological polar surface area (TPSA) is 70.7 Å². The van der Waals surface area contributed by atoms with Gasteiger partial charge in [0.2, 0.25) is 11.8 Å². The van der Waals surface area contributed by atoms with Crippen LogP contribution in [-0.4, -0.2) is 62.1 Å². The number of nitrogens with one attached hydrogen (secondary N) is 2. The van der Waals surface area contributed by atoms with Crippen LogP contribution in [0.1, 0.15) is 26.2 Å². The minimum absolute atomic E-state index is 0. The molecule has 2 amide bonds. The molecule has 2 aliphatic rings. The number of halogens is 1. The first kappa shape index (κ1) is 18.2. The second kappa shape index (κ2) is 8.56. The molecule has 0 bridgehead atoms. The van der Waals surface area contributed by atoms with E-state index < -0.39 is 0 Å². The number of nitrogens with zero attached hydrogens (tertiary/aromatic N) is 1. The van der Waals surface area contributed by atoms with E-state index in [9.17, 15) is 9.59 Å². The predicted molar refractivity (Wildman–Crippen MR) is 82.4 cm³/mol. The van der Waals surface area contributed by atoms with Crippen LogP contribution >= 0.6 is 12.4 Å². The number of piperidine rings is 1. The Kier molecular flexibility index (Phi) is 7.42. The molecular weight excluding hydrogens is 294 g/mol. The Morgan fingerprint density at radius 3 is 2.95 bits per heavy atom. The summed E-state index contributed by atoms with van der Waals surface area (Å²) in [4.78, 5) is 25.8. The molecule has 0 aromatic heterocycles. The molecule has 0 saturated carbocycles. The highest BCUT2D eigenvalue weighted by atomic mass is 35.5. The number of carbonyl (C=O) groups excluding carboxylic acids is 2. The second-order valence-electron chi connectivity index (χ2n) is 5.82. The van der Waals surface area contributed by atoms with Crippen LogP contribution in [0.4, 0.5) is 0 Å². The fourth-order valence-corrected chi connectivity index (χ4v) is 2.95. The molecule has 6 nitrogen and oxygen atoms in total. The van der Waals surface area contributed by atoms with E-state index in [1.165, 1.54) is 0 Å². The largest absolute Gasteiger partial charge is 0.383 e. The van der Waals surface area contributed by atoms with Gasteiger partial charge in [-0.3, -0.25) is 9.59 Å². The Bertz CT molecular complexity index is 367. The van der Waals surface area contributed by atoms with Crippen LogP contribution in [0.3, 0.4) is 0 Å². The first-order valence-corrected chi connectivity index (χ1v) is 7.40. The van der Waals surface area contributed by atoms with Crippen molar-refractivity contribution in [1.82, 2.24) is 15.5 Å². The Morgan fingerprint density at radius 2 is 2.29 bits per heavy atom. The van der Waals surface area contributed by atoms with Gasteiger partial charge in [-0.05, 0) is 26.3 Å². The van der Waals surface area contributed by atoms with Gasteiger partial charge < -0.3 is 20.3 Å². The van der Waals surface area contributed by atoms with Gasteiger partial charge in [0.15, 0.2) is 0 Å². The van der Waals surface area contributed by atoms with Crippen molar-refractivity contribution in [2.24, 2.45) is 5.92 Å². The zero-order valence-corrected chi connectivity index (χ0v) is 13.6. The third-order valence-corrected chi connectivity index (χ3v) is 4.12. The molecule has 0 spiro atoms. The summed E-state index contributed by atoms with van der Waals surface area (Å²) < 4.78 is 4.98. The van der Waals surface area contributed by atoms with Gasteiger partial charge in [0.25, 0.3) is 0 Å². The molecule has 3 unspecified atom stereocenters. The van der Waals surface area contributed by atoms with Crippen molar-refractivity contribution in [3.8, 4) is 0 Å². The summed E-state index contributed by atoms with van der Waals surface area (Å²) in [6.45, 7) is 4.68. The second-order valence-corrected chi connectivity index (χ2v) is 5.82. The molecule has 2 saturated heterocycles. The fourth-order valence-electron chi connectivity index (χ4n) is 2.95. The zero-order chi connectivity index (χ0) is 14.5. The molecule has 2 heterocycles. The number of carbonyl (C=O) groups is 2. The average molecular weight is 320 g/mol. The first-order valence-electron chi connectivity index (χ1n) is 7.40. The normalized spacial score (nSPS) is 29.1. The average Bonchev–Trinajstić information content (AvgIpc) is 2.78. The maximum Gasteiger partial charge on any atom is 0.225 e. The molecule has 0 radical (unpaired) electrons. The number of methoxy groups -OCH3 is 1. The van der Waals surface area contributed by atoms with E-state index in [0.717, 1.165) is 19.4 Å². The number of hydrogen-bond acceptors (Lipinski definition) is 4. The fraction of sp³-hybridized carbons (Fsp3) is 0.857. The molecule has 0 aliphatic carbocycles. The number of amides is 2. The molecule has 3 atom stereocenters. The number of ether oxygens (including phenoxy) is 1. The number of likely N-dealkylation sites (tertiary alicyclic amines) is 1. The monoisotopic (exact) mass is 319 g/mol. The highest BCUT2D eigenvalue weighted by Gasteiger charge is 2.35. The van der Waals surface area contributed by atoms with E-state index in [1.807, 2.05) is 0 Å². The minimum Gasteiger partial charge on any atom is -0.383 e. The van der Waals surface area contributed by atoms with Gasteiger partial charge in [0.05, 0.1) is 12.5 Å². The van der Waals surface area contributed by atoms with Crippen molar-refractivity contribution in [3.63, 3.8) is 0 Å². The van der Waals surface area contributed by atoms with E-state index in [1.54, 1.807) is 12.0 Å². The molecule has 0 aromatic carbocycles. The summed E-state index contributed by atoms with van der Waals surface area (Å²) in [5.41, 5.74) is 0. The van der Waals surface area contributed by atoms with Crippen LogP contribution in [0, 0.1) is 5.92 Å².